The summed E-state index contributed by atoms with van der Waals surface area (Å²) >= 11 is 12.2. The third-order valence-electron chi connectivity index (χ3n) is 5.19. The molecule has 0 fully saturated rings. The number of anilines is 3. The molecular formula is C23H21Cl2N8NaO5S. The van der Waals surface area contributed by atoms with Crippen LogP contribution in [-0.2, 0) is 14.9 Å². The van der Waals surface area contributed by atoms with Gasteiger partial charge in [0, 0.05) is 5.69 Å². The Morgan fingerprint density at radius 2 is 1.85 bits per heavy atom. The normalized spacial score (nSPS) is 15.4. The monoisotopic (exact) mass is 614 g/mol. The largest absolute Gasteiger partial charge is 1.00 e. The fourth-order valence-electron chi connectivity index (χ4n) is 3.53. The van der Waals surface area contributed by atoms with Crippen LogP contribution in [-0.4, -0.2) is 51.7 Å². The minimum absolute atomic E-state index is 0. The van der Waals surface area contributed by atoms with Crippen LogP contribution in [0.1, 0.15) is 26.3 Å². The average molecular weight is 615 g/mol. The van der Waals surface area contributed by atoms with E-state index in [1.54, 1.807) is 45.9 Å². The summed E-state index contributed by atoms with van der Waals surface area (Å²) in [5.74, 6) is -0.559. The number of halogens is 2. The number of ether oxygens (including phenoxy) is 1. The van der Waals surface area contributed by atoms with Crippen LogP contribution in [0, 0.1) is 6.92 Å². The predicted octanol–water partition coefficient (Wildman–Crippen LogP) is 1.80. The number of aromatic nitrogens is 3. The summed E-state index contributed by atoms with van der Waals surface area (Å²) in [6, 6.07) is 7.52. The van der Waals surface area contributed by atoms with Crippen LogP contribution in [0.2, 0.25) is 10.3 Å². The third-order valence-corrected chi connectivity index (χ3v) is 6.55. The number of rotatable bonds is 8. The number of hydrazone groups is 1. The quantitative estimate of drug-likeness (QED) is 0.225. The number of carbonyl (C=O) groups is 1. The van der Waals surface area contributed by atoms with Gasteiger partial charge in [0.05, 0.1) is 27.4 Å². The Balaban J connectivity index is 0.00000441. The molecule has 1 atom stereocenters. The van der Waals surface area contributed by atoms with Crippen LogP contribution < -0.4 is 44.6 Å². The van der Waals surface area contributed by atoms with Crippen molar-refractivity contribution in [2.45, 2.75) is 44.7 Å². The number of hydrogen-bond acceptors (Lipinski definition) is 12. The van der Waals surface area contributed by atoms with Crippen molar-refractivity contribution in [3.63, 3.8) is 0 Å². The molecule has 0 spiro atoms. The third kappa shape index (κ3) is 7.32. The van der Waals surface area contributed by atoms with Gasteiger partial charge < -0.3 is 14.6 Å². The summed E-state index contributed by atoms with van der Waals surface area (Å²) in [6.45, 7) is 6.90. The summed E-state index contributed by atoms with van der Waals surface area (Å²) in [5.41, 5.74) is 1.32. The Labute approximate surface area is 262 Å². The molecule has 2 heterocycles. The number of amides is 1. The van der Waals surface area contributed by atoms with E-state index < -0.39 is 27.0 Å². The zero-order chi connectivity index (χ0) is 28.5. The topological polar surface area (TPSA) is 175 Å². The minimum Gasteiger partial charge on any atom is -0.744 e. The van der Waals surface area contributed by atoms with Gasteiger partial charge in [0.15, 0.2) is 6.04 Å². The molecule has 0 unspecified atom stereocenters. The van der Waals surface area contributed by atoms with E-state index in [4.69, 9.17) is 27.9 Å². The van der Waals surface area contributed by atoms with Crippen LogP contribution in [0.3, 0.4) is 0 Å². The van der Waals surface area contributed by atoms with Gasteiger partial charge in [-0.2, -0.15) is 35.3 Å². The predicted molar refractivity (Wildman–Crippen MR) is 143 cm³/mol. The van der Waals surface area contributed by atoms with Crippen LogP contribution in [0.25, 0.3) is 0 Å². The molecule has 1 aromatic heterocycles. The second-order valence-corrected chi connectivity index (χ2v) is 10.6. The van der Waals surface area contributed by atoms with Gasteiger partial charge in [-0.05, 0) is 69.1 Å². The van der Waals surface area contributed by atoms with Gasteiger partial charge in [0.1, 0.15) is 15.8 Å². The first-order valence-electron chi connectivity index (χ1n) is 11.3. The van der Waals surface area contributed by atoms with Gasteiger partial charge in [-0.15, -0.1) is 0 Å². The maximum atomic E-state index is 13.1. The summed E-state index contributed by atoms with van der Waals surface area (Å²) in [7, 11) is -4.94. The SMILES string of the molecule is CC1=NN(c2c(C)cccc2Cl)C(=O)[C@@H]1N=Nc1cc(Nc2nc(Cl)nc(OC(C)C)n2)ccc1S(=O)(=O)[O-].[Na+]. The maximum Gasteiger partial charge on any atom is 1.00 e. The Morgan fingerprint density at radius 3 is 2.50 bits per heavy atom. The summed E-state index contributed by atoms with van der Waals surface area (Å²) in [6.07, 6.45) is -0.229. The van der Waals surface area contributed by atoms with Crippen molar-refractivity contribution in [2.24, 2.45) is 15.3 Å². The fourth-order valence-corrected chi connectivity index (χ4v) is 4.57. The number of azo groups is 1. The number of benzene rings is 2. The Hall–Kier alpha value is -2.72. The van der Waals surface area contributed by atoms with Crippen molar-refractivity contribution in [3.8, 4) is 6.01 Å². The molecule has 40 heavy (non-hydrogen) atoms. The van der Waals surface area contributed by atoms with Gasteiger partial charge >= 0.3 is 35.6 Å². The molecule has 0 bridgehead atoms. The standard InChI is InChI=1S/C23H22Cl2N8O5S.Na/c1-11(2)38-23-28-21(25)27-22(29-23)26-14-8-9-17(39(35,36)37)16(10-14)30-31-18-13(4)32-33(20(18)34)19-12(3)6-5-7-15(19)24;/h5-11,18H,1-4H3,(H,35,36,37)(H,26,27,28,29);/q;+1/p-1/t18-;/m1./s1. The number of para-hydroxylation sites is 1. The Morgan fingerprint density at radius 1 is 1.12 bits per heavy atom. The first-order valence-corrected chi connectivity index (χ1v) is 13.5. The second-order valence-electron chi connectivity index (χ2n) is 8.55. The molecular weight excluding hydrogens is 594 g/mol. The zero-order valence-electron chi connectivity index (χ0n) is 22.0. The molecule has 0 radical (unpaired) electrons. The van der Waals surface area contributed by atoms with Gasteiger partial charge in [0.2, 0.25) is 11.2 Å². The molecule has 1 aliphatic rings. The fraction of sp³-hybridized carbons (Fsp3) is 0.261. The summed E-state index contributed by atoms with van der Waals surface area (Å²) < 4.78 is 41.1. The van der Waals surface area contributed by atoms with Gasteiger partial charge in [-0.3, -0.25) is 4.79 Å². The van der Waals surface area contributed by atoms with E-state index in [1.165, 1.54) is 12.1 Å². The van der Waals surface area contributed by atoms with Crippen molar-refractivity contribution in [1.82, 2.24) is 15.0 Å². The molecule has 1 aliphatic heterocycles. The molecule has 0 saturated heterocycles. The van der Waals surface area contributed by atoms with Crippen LogP contribution in [0.4, 0.5) is 23.0 Å². The molecule has 3 aromatic rings. The molecule has 204 valence electrons. The van der Waals surface area contributed by atoms with Crippen molar-refractivity contribution in [3.05, 3.63) is 52.3 Å². The Bertz CT molecular complexity index is 1600. The van der Waals surface area contributed by atoms with Crippen molar-refractivity contribution < 1.29 is 52.1 Å². The van der Waals surface area contributed by atoms with E-state index >= 15 is 0 Å². The molecule has 17 heteroatoms. The number of nitrogens with one attached hydrogen (secondary N) is 1. The molecule has 1 amide bonds. The van der Waals surface area contributed by atoms with E-state index in [0.29, 0.717) is 22.0 Å². The minimum atomic E-state index is -4.94. The molecule has 4 rings (SSSR count). The molecule has 13 nitrogen and oxygen atoms in total. The molecule has 2 aromatic carbocycles. The maximum absolute atomic E-state index is 13.1. The first-order chi connectivity index (χ1) is 18.3. The van der Waals surface area contributed by atoms with Gasteiger partial charge in [-0.25, -0.2) is 8.42 Å². The Kier molecular flexibility index (Phi) is 10.2. The smallest absolute Gasteiger partial charge is 0.744 e. The van der Waals surface area contributed by atoms with E-state index in [9.17, 15) is 17.8 Å². The van der Waals surface area contributed by atoms with E-state index in [1.807, 2.05) is 0 Å². The van der Waals surface area contributed by atoms with Crippen molar-refractivity contribution in [2.75, 3.05) is 10.3 Å². The van der Waals surface area contributed by atoms with Crippen LogP contribution in [0.5, 0.6) is 6.01 Å². The van der Waals surface area contributed by atoms with Crippen LogP contribution in [0.15, 0.2) is 56.6 Å². The molecule has 0 aliphatic carbocycles. The number of carbonyl (C=O) groups excluding carboxylic acids is 1. The molecule has 0 saturated carbocycles. The van der Waals surface area contributed by atoms with Crippen molar-refractivity contribution in [1.29, 1.82) is 0 Å². The van der Waals surface area contributed by atoms with Crippen LogP contribution >= 0.6 is 23.2 Å². The van der Waals surface area contributed by atoms with Gasteiger partial charge in [0.25, 0.3) is 5.91 Å². The van der Waals surface area contributed by atoms with E-state index in [-0.39, 0.29) is 64.3 Å². The molecule has 1 N–H and O–H groups in total. The van der Waals surface area contributed by atoms with Crippen molar-refractivity contribution >= 4 is 67.9 Å². The first kappa shape index (κ1) is 31.8. The number of aryl methyl sites for hydroxylation is 1. The zero-order valence-corrected chi connectivity index (χ0v) is 26.3. The average Bonchev–Trinajstić information content (AvgIpc) is 3.09. The van der Waals surface area contributed by atoms with Gasteiger partial charge in [-0.1, -0.05) is 23.7 Å². The van der Waals surface area contributed by atoms with E-state index in [0.717, 1.165) is 11.1 Å². The number of nitrogens with zero attached hydrogens (tertiary/aromatic N) is 7. The van der Waals surface area contributed by atoms with E-state index in [2.05, 4.69) is 35.6 Å². The second kappa shape index (κ2) is 12.9. The number of hydrogen-bond donors (Lipinski definition) is 1. The summed E-state index contributed by atoms with van der Waals surface area (Å²) in [5, 5.41) is 16.3. The summed E-state index contributed by atoms with van der Waals surface area (Å²) in [4.78, 5) is 24.4.